The number of carboxylic acids is 1. The van der Waals surface area contributed by atoms with Crippen LogP contribution in [0.3, 0.4) is 0 Å². The van der Waals surface area contributed by atoms with E-state index in [9.17, 15) is 18.5 Å². The van der Waals surface area contributed by atoms with E-state index in [1.54, 1.807) is 24.3 Å². The number of benzene rings is 2. The average molecular weight is 385 g/mol. The molecule has 2 aromatic carbocycles. The fraction of sp³-hybridized carbons (Fsp3) is 0.263. The maximum Gasteiger partial charge on any atom is 0.307 e. The zero-order valence-electron chi connectivity index (χ0n) is 14.6. The van der Waals surface area contributed by atoms with Gasteiger partial charge >= 0.3 is 5.97 Å². The fourth-order valence-electron chi connectivity index (χ4n) is 3.15. The summed E-state index contributed by atoms with van der Waals surface area (Å²) in [5, 5.41) is 18.1. The van der Waals surface area contributed by atoms with Gasteiger partial charge in [0.05, 0.1) is 22.6 Å². The fourth-order valence-corrected chi connectivity index (χ4v) is 4.65. The van der Waals surface area contributed by atoms with Gasteiger partial charge in [0.1, 0.15) is 6.07 Å². The Morgan fingerprint density at radius 3 is 2.44 bits per heavy atom. The van der Waals surface area contributed by atoms with Crippen LogP contribution in [0.2, 0.25) is 0 Å². The lowest BCUT2D eigenvalue weighted by Gasteiger charge is -2.35. The zero-order chi connectivity index (χ0) is 19.4. The second-order valence-electron chi connectivity index (χ2n) is 6.24. The van der Waals surface area contributed by atoms with E-state index in [1.807, 2.05) is 17.0 Å². The summed E-state index contributed by atoms with van der Waals surface area (Å²) in [6, 6.07) is 15.5. The molecule has 0 aliphatic carbocycles. The van der Waals surface area contributed by atoms with Gasteiger partial charge in [0.15, 0.2) is 0 Å². The molecule has 8 heteroatoms. The van der Waals surface area contributed by atoms with Gasteiger partial charge in [-0.1, -0.05) is 24.3 Å². The Hall–Kier alpha value is -2.89. The van der Waals surface area contributed by atoms with Crippen LogP contribution in [0.15, 0.2) is 53.4 Å². The van der Waals surface area contributed by atoms with Crippen molar-refractivity contribution in [1.82, 2.24) is 4.31 Å². The number of nitrogens with zero attached hydrogens (tertiary/aromatic N) is 3. The molecule has 0 radical (unpaired) electrons. The number of para-hydroxylation sites is 1. The third-order valence-corrected chi connectivity index (χ3v) is 6.39. The zero-order valence-corrected chi connectivity index (χ0v) is 15.4. The van der Waals surface area contributed by atoms with Crippen molar-refractivity contribution in [2.24, 2.45) is 0 Å². The molecule has 1 fully saturated rings. The average Bonchev–Trinajstić information content (AvgIpc) is 2.68. The number of carboxylic acid groups (broad SMARTS) is 1. The minimum atomic E-state index is -3.69. The normalized spacial score (nSPS) is 15.3. The third-order valence-electron chi connectivity index (χ3n) is 4.50. The van der Waals surface area contributed by atoms with E-state index >= 15 is 0 Å². The highest BCUT2D eigenvalue weighted by atomic mass is 32.2. The Bertz CT molecular complexity index is 990. The SMILES string of the molecule is N#Cc1ccccc1N1CCN(S(=O)(=O)c2cccc(CC(=O)O)c2)CC1. The Kier molecular flexibility index (Phi) is 5.44. The van der Waals surface area contributed by atoms with Crippen LogP contribution in [0.4, 0.5) is 5.69 Å². The molecule has 0 unspecified atom stereocenters. The van der Waals surface area contributed by atoms with E-state index in [0.717, 1.165) is 5.69 Å². The first-order chi connectivity index (χ1) is 12.9. The van der Waals surface area contributed by atoms with Crippen LogP contribution in [0.5, 0.6) is 0 Å². The van der Waals surface area contributed by atoms with E-state index in [1.165, 1.54) is 16.4 Å². The van der Waals surface area contributed by atoms with Gasteiger partial charge in [-0.05, 0) is 29.8 Å². The van der Waals surface area contributed by atoms with Gasteiger partial charge in [-0.2, -0.15) is 9.57 Å². The first-order valence-corrected chi connectivity index (χ1v) is 9.91. The van der Waals surface area contributed by atoms with Crippen molar-refractivity contribution in [3.63, 3.8) is 0 Å². The highest BCUT2D eigenvalue weighted by molar-refractivity contribution is 7.89. The molecule has 7 nitrogen and oxygen atoms in total. The molecule has 0 atom stereocenters. The number of aliphatic carboxylic acids is 1. The number of hydrogen-bond acceptors (Lipinski definition) is 5. The van der Waals surface area contributed by atoms with Gasteiger partial charge in [0.2, 0.25) is 10.0 Å². The largest absolute Gasteiger partial charge is 0.481 e. The van der Waals surface area contributed by atoms with E-state index in [-0.39, 0.29) is 11.3 Å². The van der Waals surface area contributed by atoms with E-state index in [0.29, 0.717) is 37.3 Å². The van der Waals surface area contributed by atoms with Crippen molar-refractivity contribution in [1.29, 1.82) is 5.26 Å². The summed E-state index contributed by atoms with van der Waals surface area (Å²) in [5.41, 5.74) is 1.82. The van der Waals surface area contributed by atoms with Crippen molar-refractivity contribution >= 4 is 21.7 Å². The van der Waals surface area contributed by atoms with Crippen molar-refractivity contribution in [3.8, 4) is 6.07 Å². The molecule has 1 N–H and O–H groups in total. The molecule has 0 spiro atoms. The van der Waals surface area contributed by atoms with Gasteiger partial charge in [-0.3, -0.25) is 4.79 Å². The lowest BCUT2D eigenvalue weighted by Crippen LogP contribution is -2.48. The highest BCUT2D eigenvalue weighted by Crippen LogP contribution is 2.24. The van der Waals surface area contributed by atoms with Crippen LogP contribution in [0, 0.1) is 11.3 Å². The Labute approximate surface area is 158 Å². The first kappa shape index (κ1) is 18.9. The lowest BCUT2D eigenvalue weighted by molar-refractivity contribution is -0.136. The molecule has 0 bridgehead atoms. The van der Waals surface area contributed by atoms with Gasteiger partial charge in [-0.25, -0.2) is 8.42 Å². The monoisotopic (exact) mass is 385 g/mol. The molecule has 1 aliphatic rings. The summed E-state index contributed by atoms with van der Waals surface area (Å²) in [6.45, 7) is 1.55. The van der Waals surface area contributed by atoms with E-state index < -0.39 is 16.0 Å². The van der Waals surface area contributed by atoms with Gasteiger partial charge in [0.25, 0.3) is 0 Å². The van der Waals surface area contributed by atoms with Crippen molar-refractivity contribution < 1.29 is 18.3 Å². The number of anilines is 1. The van der Waals surface area contributed by atoms with Crippen LogP contribution in [-0.2, 0) is 21.2 Å². The predicted molar refractivity (Wildman–Crippen MR) is 99.9 cm³/mol. The third kappa shape index (κ3) is 4.10. The quantitative estimate of drug-likeness (QED) is 0.840. The minimum Gasteiger partial charge on any atom is -0.481 e. The van der Waals surface area contributed by atoms with Gasteiger partial charge < -0.3 is 10.0 Å². The van der Waals surface area contributed by atoms with E-state index in [2.05, 4.69) is 6.07 Å². The van der Waals surface area contributed by atoms with Crippen LogP contribution < -0.4 is 4.90 Å². The van der Waals surface area contributed by atoms with Crippen molar-refractivity contribution in [2.75, 3.05) is 31.1 Å². The maximum atomic E-state index is 12.9. The van der Waals surface area contributed by atoms with Crippen molar-refractivity contribution in [3.05, 3.63) is 59.7 Å². The molecule has 140 valence electrons. The summed E-state index contributed by atoms with van der Waals surface area (Å²) in [6.07, 6.45) is -0.220. The molecular weight excluding hydrogens is 366 g/mol. The number of carbonyl (C=O) groups is 1. The number of piperazine rings is 1. The summed E-state index contributed by atoms with van der Waals surface area (Å²) in [7, 11) is -3.69. The topological polar surface area (TPSA) is 102 Å². The van der Waals surface area contributed by atoms with Crippen LogP contribution in [0.1, 0.15) is 11.1 Å². The molecule has 0 saturated carbocycles. The molecule has 0 aromatic heterocycles. The molecule has 0 amide bonds. The highest BCUT2D eigenvalue weighted by Gasteiger charge is 2.29. The van der Waals surface area contributed by atoms with Gasteiger partial charge in [0, 0.05) is 26.2 Å². The molecule has 3 rings (SSSR count). The van der Waals surface area contributed by atoms with Crippen molar-refractivity contribution in [2.45, 2.75) is 11.3 Å². The Balaban J connectivity index is 1.75. The molecule has 1 heterocycles. The maximum absolute atomic E-state index is 12.9. The summed E-state index contributed by atoms with van der Waals surface area (Å²) >= 11 is 0. The van der Waals surface area contributed by atoms with Crippen LogP contribution >= 0.6 is 0 Å². The second-order valence-corrected chi connectivity index (χ2v) is 8.18. The molecule has 27 heavy (non-hydrogen) atoms. The Morgan fingerprint density at radius 1 is 1.07 bits per heavy atom. The van der Waals surface area contributed by atoms with Crippen LogP contribution in [-0.4, -0.2) is 50.0 Å². The summed E-state index contributed by atoms with van der Waals surface area (Å²) in [5.74, 6) is -1.01. The first-order valence-electron chi connectivity index (χ1n) is 8.47. The molecular formula is C19H19N3O4S. The van der Waals surface area contributed by atoms with Crippen LogP contribution in [0.25, 0.3) is 0 Å². The van der Waals surface area contributed by atoms with E-state index in [4.69, 9.17) is 5.11 Å². The standard InChI is InChI=1S/C19H19N3O4S/c20-14-16-5-1-2-7-18(16)21-8-10-22(11-9-21)27(25,26)17-6-3-4-15(12-17)13-19(23)24/h1-7,12H,8-11,13H2,(H,23,24). The number of sulfonamides is 1. The lowest BCUT2D eigenvalue weighted by atomic mass is 10.1. The number of rotatable bonds is 5. The van der Waals surface area contributed by atoms with Gasteiger partial charge in [-0.15, -0.1) is 0 Å². The molecule has 1 aliphatic heterocycles. The number of hydrogen-bond donors (Lipinski definition) is 1. The predicted octanol–water partition coefficient (Wildman–Crippen LogP) is 1.70. The molecule has 2 aromatic rings. The second kappa shape index (κ2) is 7.78. The minimum absolute atomic E-state index is 0.104. The number of nitriles is 1. The smallest absolute Gasteiger partial charge is 0.307 e. The Morgan fingerprint density at radius 2 is 1.78 bits per heavy atom. The summed E-state index contributed by atoms with van der Waals surface area (Å²) < 4.78 is 27.2. The summed E-state index contributed by atoms with van der Waals surface area (Å²) in [4.78, 5) is 13.0. The molecule has 1 saturated heterocycles.